The molecule has 1 rings (SSSR count). The van der Waals surface area contributed by atoms with Gasteiger partial charge in [0.25, 0.3) is 0 Å². The monoisotopic (exact) mass is 217 g/mol. The van der Waals surface area contributed by atoms with Crippen molar-refractivity contribution in [3.8, 4) is 0 Å². The molecule has 0 heterocycles. The van der Waals surface area contributed by atoms with E-state index in [1.165, 1.54) is 9.13 Å². The lowest BCUT2D eigenvalue weighted by atomic mass is 10.2. The fraction of sp³-hybridized carbons (Fsp3) is 0.143. The second kappa shape index (κ2) is 2.49. The molecule has 1 aromatic rings. The van der Waals surface area contributed by atoms with Gasteiger partial charge in [0.15, 0.2) is 0 Å². The summed E-state index contributed by atoms with van der Waals surface area (Å²) in [5, 5.41) is 0. The Morgan fingerprint density at radius 2 is 2.25 bits per heavy atom. The first-order valence-corrected chi connectivity index (χ1v) is 3.50. The van der Waals surface area contributed by atoms with Crippen LogP contribution in [-0.4, -0.2) is 0 Å². The third-order valence-corrected chi connectivity index (χ3v) is 1.52. The molecule has 0 aliphatic heterocycles. The quantitative estimate of drug-likeness (QED) is 0.585. The first kappa shape index (κ1) is 6.08. The topological polar surface area (TPSA) is 0 Å². The van der Waals surface area contributed by atoms with Gasteiger partial charge in [0.1, 0.15) is 0 Å². The molecule has 0 saturated carbocycles. The van der Waals surface area contributed by atoms with Crippen molar-refractivity contribution in [2.75, 3.05) is 0 Å². The van der Waals surface area contributed by atoms with Crippen LogP contribution in [-0.2, 0) is 0 Å². The highest BCUT2D eigenvalue weighted by atomic mass is 127. The molecule has 1 heteroatoms. The molecule has 0 spiro atoms. The minimum Gasteiger partial charge on any atom is -0.0514 e. The Kier molecular flexibility index (Phi) is 1.89. The Morgan fingerprint density at radius 1 is 1.50 bits per heavy atom. The predicted molar refractivity (Wildman–Crippen MR) is 42.7 cm³/mol. The average molecular weight is 217 g/mol. The maximum absolute atomic E-state index is 3.02. The maximum atomic E-state index is 3.02. The van der Waals surface area contributed by atoms with Gasteiger partial charge in [0, 0.05) is 3.57 Å². The van der Waals surface area contributed by atoms with Gasteiger partial charge < -0.3 is 0 Å². The van der Waals surface area contributed by atoms with Gasteiger partial charge in [-0.25, -0.2) is 0 Å². The van der Waals surface area contributed by atoms with Crippen LogP contribution in [0.4, 0.5) is 0 Å². The fourth-order valence-electron chi connectivity index (χ4n) is 0.554. The van der Waals surface area contributed by atoms with Gasteiger partial charge in [0.2, 0.25) is 0 Å². The first-order chi connectivity index (χ1) is 3.79. The predicted octanol–water partition coefficient (Wildman–Crippen LogP) is 2.40. The number of hydrogen-bond donors (Lipinski definition) is 0. The van der Waals surface area contributed by atoms with E-state index in [9.17, 15) is 0 Å². The molecule has 1 radical (unpaired) electrons. The molecule has 0 amide bonds. The zero-order chi connectivity index (χ0) is 5.98. The smallest absolute Gasteiger partial charge is 0.0139 e. The second-order valence-corrected chi connectivity index (χ2v) is 2.97. The lowest BCUT2D eigenvalue weighted by molar-refractivity contribution is 1.44. The van der Waals surface area contributed by atoms with Crippen molar-refractivity contribution in [3.63, 3.8) is 0 Å². The fourth-order valence-corrected chi connectivity index (χ4v) is 1.22. The van der Waals surface area contributed by atoms with Crippen LogP contribution >= 0.6 is 22.6 Å². The summed E-state index contributed by atoms with van der Waals surface area (Å²) in [6.45, 7) is 2.07. The SMILES string of the molecule is Cc1c[c]cc(I)c1. The summed E-state index contributed by atoms with van der Waals surface area (Å²) in [4.78, 5) is 0. The first-order valence-electron chi connectivity index (χ1n) is 2.42. The summed E-state index contributed by atoms with van der Waals surface area (Å²) in [6, 6.07) is 9.08. The van der Waals surface area contributed by atoms with Crippen molar-refractivity contribution in [2.45, 2.75) is 6.92 Å². The van der Waals surface area contributed by atoms with E-state index >= 15 is 0 Å². The number of aryl methyl sites for hydroxylation is 1. The Morgan fingerprint density at radius 3 is 2.62 bits per heavy atom. The van der Waals surface area contributed by atoms with Crippen LogP contribution in [0, 0.1) is 16.6 Å². The molecule has 0 aromatic heterocycles. The molecule has 8 heavy (non-hydrogen) atoms. The van der Waals surface area contributed by atoms with Crippen molar-refractivity contribution in [1.82, 2.24) is 0 Å². The molecule has 0 saturated heterocycles. The Hall–Kier alpha value is -0.0500. The van der Waals surface area contributed by atoms with Crippen molar-refractivity contribution in [1.29, 1.82) is 0 Å². The number of rotatable bonds is 0. The molecule has 0 nitrogen and oxygen atoms in total. The molecule has 0 atom stereocenters. The lowest BCUT2D eigenvalue weighted by Gasteiger charge is -1.88. The summed E-state index contributed by atoms with van der Waals surface area (Å²) in [5.41, 5.74) is 1.27. The van der Waals surface area contributed by atoms with Crippen molar-refractivity contribution in [2.24, 2.45) is 0 Å². The molecule has 0 N–H and O–H groups in total. The summed E-state index contributed by atoms with van der Waals surface area (Å²) >= 11 is 2.27. The van der Waals surface area contributed by atoms with Crippen LogP contribution in [0.1, 0.15) is 5.56 Å². The minimum absolute atomic E-state index is 1.25. The molecule has 0 bridgehead atoms. The zero-order valence-corrected chi connectivity index (χ0v) is 6.77. The summed E-state index contributed by atoms with van der Waals surface area (Å²) in [5.74, 6) is 0. The molecule has 0 aliphatic rings. The molecule has 0 fully saturated rings. The average Bonchev–Trinajstić information content (AvgIpc) is 1.64. The van der Waals surface area contributed by atoms with Gasteiger partial charge in [-0.3, -0.25) is 0 Å². The summed E-state index contributed by atoms with van der Waals surface area (Å²) in [6.07, 6.45) is 0. The van der Waals surface area contributed by atoms with Gasteiger partial charge in [-0.1, -0.05) is 6.07 Å². The van der Waals surface area contributed by atoms with E-state index in [0.717, 1.165) is 0 Å². The highest BCUT2D eigenvalue weighted by molar-refractivity contribution is 14.1. The molecule has 1 aromatic carbocycles. The standard InChI is InChI=1S/C7H6I/c1-6-3-2-4-7(8)5-6/h3-5H,1H3. The zero-order valence-electron chi connectivity index (χ0n) is 4.61. The van der Waals surface area contributed by atoms with Gasteiger partial charge in [-0.2, -0.15) is 0 Å². The molecule has 41 valence electrons. The largest absolute Gasteiger partial charge is 0.0514 e. The minimum atomic E-state index is 1.25. The van der Waals surface area contributed by atoms with Crippen LogP contribution in [0.15, 0.2) is 18.2 Å². The van der Waals surface area contributed by atoms with Crippen molar-refractivity contribution < 1.29 is 0 Å². The number of hydrogen-bond acceptors (Lipinski definition) is 0. The third kappa shape index (κ3) is 1.47. The molecule has 0 unspecified atom stereocenters. The van der Waals surface area contributed by atoms with Crippen LogP contribution in [0.5, 0.6) is 0 Å². The second-order valence-electron chi connectivity index (χ2n) is 1.73. The van der Waals surface area contributed by atoms with E-state index in [1.807, 2.05) is 12.1 Å². The Labute approximate surface area is 63.1 Å². The molecule has 0 aliphatic carbocycles. The van der Waals surface area contributed by atoms with Crippen LogP contribution in [0.3, 0.4) is 0 Å². The van der Waals surface area contributed by atoms with E-state index in [-0.39, 0.29) is 0 Å². The van der Waals surface area contributed by atoms with E-state index in [2.05, 4.69) is 41.6 Å². The summed E-state index contributed by atoms with van der Waals surface area (Å²) < 4.78 is 1.25. The third-order valence-electron chi connectivity index (χ3n) is 0.898. The van der Waals surface area contributed by atoms with Crippen LogP contribution in [0.2, 0.25) is 0 Å². The van der Waals surface area contributed by atoms with E-state index < -0.39 is 0 Å². The van der Waals surface area contributed by atoms with Gasteiger partial charge >= 0.3 is 0 Å². The molecular formula is C7H6I. The van der Waals surface area contributed by atoms with E-state index in [0.29, 0.717) is 0 Å². The normalized spacial score (nSPS) is 9.25. The number of benzene rings is 1. The van der Waals surface area contributed by atoms with Gasteiger partial charge in [0.05, 0.1) is 0 Å². The highest BCUT2D eigenvalue weighted by Crippen LogP contribution is 2.04. The van der Waals surface area contributed by atoms with Crippen molar-refractivity contribution >= 4 is 22.6 Å². The Balaban J connectivity index is 3.08. The highest BCUT2D eigenvalue weighted by Gasteiger charge is 1.82. The Bertz CT molecular complexity index is 164. The van der Waals surface area contributed by atoms with E-state index in [4.69, 9.17) is 0 Å². The van der Waals surface area contributed by atoms with Crippen LogP contribution < -0.4 is 0 Å². The van der Waals surface area contributed by atoms with E-state index in [1.54, 1.807) is 0 Å². The van der Waals surface area contributed by atoms with Gasteiger partial charge in [-0.15, -0.1) is 0 Å². The molecular weight excluding hydrogens is 211 g/mol. The van der Waals surface area contributed by atoms with Crippen molar-refractivity contribution in [3.05, 3.63) is 33.4 Å². The number of halogens is 1. The summed E-state index contributed by atoms with van der Waals surface area (Å²) in [7, 11) is 0. The lowest BCUT2D eigenvalue weighted by Crippen LogP contribution is -1.71. The maximum Gasteiger partial charge on any atom is 0.0139 e. The van der Waals surface area contributed by atoms with Crippen LogP contribution in [0.25, 0.3) is 0 Å². The van der Waals surface area contributed by atoms with Gasteiger partial charge in [-0.05, 0) is 53.3 Å².